The topological polar surface area (TPSA) is 60.5 Å². The average Bonchev–Trinajstić information content (AvgIpc) is 2.99. The number of nitrogens with zero attached hydrogens (tertiary/aromatic N) is 1. The van der Waals surface area contributed by atoms with Crippen LogP contribution in [0.15, 0.2) is 29.7 Å². The van der Waals surface area contributed by atoms with E-state index in [1.165, 1.54) is 6.08 Å². The molecule has 1 atom stereocenters. The Morgan fingerprint density at radius 1 is 1.35 bits per heavy atom. The van der Waals surface area contributed by atoms with Gasteiger partial charge in [-0.2, -0.15) is 0 Å². The number of benzene rings is 1. The second-order valence-corrected chi connectivity index (χ2v) is 6.03. The van der Waals surface area contributed by atoms with Crippen LogP contribution >= 0.6 is 11.3 Å². The number of hydrogen-bond acceptors (Lipinski definition) is 5. The zero-order chi connectivity index (χ0) is 16.8. The summed E-state index contributed by atoms with van der Waals surface area (Å²) >= 11 is 1.57. The Bertz CT molecular complexity index is 710. The van der Waals surface area contributed by atoms with Crippen molar-refractivity contribution in [3.63, 3.8) is 0 Å². The lowest BCUT2D eigenvalue weighted by molar-refractivity contribution is -0.117. The van der Waals surface area contributed by atoms with E-state index in [0.717, 1.165) is 16.3 Å². The summed E-state index contributed by atoms with van der Waals surface area (Å²) in [6, 6.07) is 5.29. The van der Waals surface area contributed by atoms with Crippen LogP contribution in [0.4, 0.5) is 0 Å². The SMILES string of the molecule is COc1ccc(OC)c(/C=C/C(=O)NC(C)c2csc(C)n2)c1. The van der Waals surface area contributed by atoms with E-state index < -0.39 is 0 Å². The molecule has 1 heterocycles. The standard InChI is InChI=1S/C17H20N2O3S/c1-11(15-10-23-12(2)19-15)18-17(20)8-5-13-9-14(21-3)6-7-16(13)22-4/h5-11H,1-4H3,(H,18,20)/b8-5+. The maximum Gasteiger partial charge on any atom is 0.244 e. The molecule has 0 aliphatic heterocycles. The lowest BCUT2D eigenvalue weighted by Gasteiger charge is -2.10. The van der Waals surface area contributed by atoms with E-state index in [1.807, 2.05) is 31.4 Å². The van der Waals surface area contributed by atoms with Crippen LogP contribution in [-0.2, 0) is 4.79 Å². The van der Waals surface area contributed by atoms with Gasteiger partial charge in [-0.05, 0) is 38.1 Å². The van der Waals surface area contributed by atoms with Gasteiger partial charge >= 0.3 is 0 Å². The zero-order valence-electron chi connectivity index (χ0n) is 13.6. The molecule has 2 rings (SSSR count). The molecule has 0 fully saturated rings. The minimum Gasteiger partial charge on any atom is -0.497 e. The number of rotatable bonds is 6. The molecule has 0 saturated carbocycles. The molecule has 122 valence electrons. The molecule has 0 bridgehead atoms. The summed E-state index contributed by atoms with van der Waals surface area (Å²) in [5.41, 5.74) is 1.65. The third kappa shape index (κ3) is 4.56. The summed E-state index contributed by atoms with van der Waals surface area (Å²) < 4.78 is 10.5. The summed E-state index contributed by atoms with van der Waals surface area (Å²) in [4.78, 5) is 16.4. The molecular weight excluding hydrogens is 312 g/mol. The van der Waals surface area contributed by atoms with Crippen LogP contribution in [0, 0.1) is 6.92 Å². The van der Waals surface area contributed by atoms with Crippen molar-refractivity contribution in [1.29, 1.82) is 0 Å². The highest BCUT2D eigenvalue weighted by Crippen LogP contribution is 2.25. The third-order valence-electron chi connectivity index (χ3n) is 3.29. The normalized spacial score (nSPS) is 12.2. The van der Waals surface area contributed by atoms with E-state index in [0.29, 0.717) is 11.5 Å². The van der Waals surface area contributed by atoms with Crippen LogP contribution in [0.3, 0.4) is 0 Å². The van der Waals surface area contributed by atoms with Crippen LogP contribution in [0.1, 0.15) is 29.2 Å². The fourth-order valence-electron chi connectivity index (χ4n) is 2.05. The van der Waals surface area contributed by atoms with Crippen molar-refractivity contribution in [2.45, 2.75) is 19.9 Å². The zero-order valence-corrected chi connectivity index (χ0v) is 14.4. The van der Waals surface area contributed by atoms with E-state index in [1.54, 1.807) is 37.7 Å². The highest BCUT2D eigenvalue weighted by Gasteiger charge is 2.10. The molecular formula is C17H20N2O3S. The molecule has 0 spiro atoms. The van der Waals surface area contributed by atoms with Crippen LogP contribution in [0.5, 0.6) is 11.5 Å². The molecule has 0 aliphatic carbocycles. The van der Waals surface area contributed by atoms with Gasteiger partial charge in [0, 0.05) is 17.0 Å². The van der Waals surface area contributed by atoms with E-state index in [4.69, 9.17) is 9.47 Å². The minimum absolute atomic E-state index is 0.135. The molecule has 1 aromatic carbocycles. The van der Waals surface area contributed by atoms with E-state index >= 15 is 0 Å². The van der Waals surface area contributed by atoms with Gasteiger partial charge in [0.25, 0.3) is 0 Å². The predicted molar refractivity (Wildman–Crippen MR) is 92.0 cm³/mol. The van der Waals surface area contributed by atoms with Crippen molar-refractivity contribution in [1.82, 2.24) is 10.3 Å². The third-order valence-corrected chi connectivity index (χ3v) is 4.08. The smallest absolute Gasteiger partial charge is 0.244 e. The van der Waals surface area contributed by atoms with Gasteiger partial charge in [0.2, 0.25) is 5.91 Å². The Hall–Kier alpha value is -2.34. The molecule has 0 saturated heterocycles. The van der Waals surface area contributed by atoms with Gasteiger partial charge in [-0.1, -0.05) is 0 Å². The van der Waals surface area contributed by atoms with Gasteiger partial charge in [-0.3, -0.25) is 4.79 Å². The van der Waals surface area contributed by atoms with E-state index in [9.17, 15) is 4.79 Å². The number of nitrogens with one attached hydrogen (secondary N) is 1. The summed E-state index contributed by atoms with van der Waals surface area (Å²) in [7, 11) is 3.19. The first-order valence-electron chi connectivity index (χ1n) is 7.16. The molecule has 1 N–H and O–H groups in total. The summed E-state index contributed by atoms with van der Waals surface area (Å²) in [6.45, 7) is 3.85. The number of amides is 1. The van der Waals surface area contributed by atoms with Crippen molar-refractivity contribution < 1.29 is 14.3 Å². The number of carbonyl (C=O) groups excluding carboxylic acids is 1. The fourth-order valence-corrected chi connectivity index (χ4v) is 2.76. The van der Waals surface area contributed by atoms with Crippen LogP contribution in [0.25, 0.3) is 6.08 Å². The van der Waals surface area contributed by atoms with Crippen molar-refractivity contribution >= 4 is 23.3 Å². The maximum absolute atomic E-state index is 12.1. The predicted octanol–water partition coefficient (Wildman–Crippen LogP) is 3.36. The molecule has 0 aliphatic rings. The molecule has 23 heavy (non-hydrogen) atoms. The molecule has 1 amide bonds. The van der Waals surface area contributed by atoms with Crippen LogP contribution in [-0.4, -0.2) is 25.1 Å². The molecule has 2 aromatic rings. The number of ether oxygens (including phenoxy) is 2. The molecule has 5 nitrogen and oxygen atoms in total. The Balaban J connectivity index is 2.06. The van der Waals surface area contributed by atoms with Crippen molar-refractivity contribution in [2.75, 3.05) is 14.2 Å². The lowest BCUT2D eigenvalue weighted by Crippen LogP contribution is -2.24. The lowest BCUT2D eigenvalue weighted by atomic mass is 10.1. The van der Waals surface area contributed by atoms with Crippen molar-refractivity contribution in [2.24, 2.45) is 0 Å². The largest absolute Gasteiger partial charge is 0.497 e. The van der Waals surface area contributed by atoms with Crippen molar-refractivity contribution in [3.8, 4) is 11.5 Å². The summed E-state index contributed by atoms with van der Waals surface area (Å²) in [5.74, 6) is 1.20. The minimum atomic E-state index is -0.187. The van der Waals surface area contributed by atoms with Gasteiger partial charge in [0.15, 0.2) is 0 Å². The second kappa shape index (κ2) is 7.78. The maximum atomic E-state index is 12.1. The highest BCUT2D eigenvalue weighted by atomic mass is 32.1. The monoisotopic (exact) mass is 332 g/mol. The van der Waals surface area contributed by atoms with Gasteiger partial charge in [0.1, 0.15) is 11.5 Å². The van der Waals surface area contributed by atoms with Crippen molar-refractivity contribution in [3.05, 3.63) is 45.9 Å². The first kappa shape index (κ1) is 17.0. The quantitative estimate of drug-likeness (QED) is 0.824. The van der Waals surface area contributed by atoms with E-state index in [-0.39, 0.29) is 11.9 Å². The number of hydrogen-bond donors (Lipinski definition) is 1. The summed E-state index contributed by atoms with van der Waals surface area (Å²) in [6.07, 6.45) is 3.18. The molecule has 1 unspecified atom stereocenters. The van der Waals surface area contributed by atoms with Crippen LogP contribution < -0.4 is 14.8 Å². The average molecular weight is 332 g/mol. The number of thiazole rings is 1. The Kier molecular flexibility index (Phi) is 5.76. The molecule has 6 heteroatoms. The van der Waals surface area contributed by atoms with Gasteiger partial charge in [-0.15, -0.1) is 11.3 Å². The highest BCUT2D eigenvalue weighted by molar-refractivity contribution is 7.09. The molecule has 1 aromatic heterocycles. The Morgan fingerprint density at radius 2 is 2.13 bits per heavy atom. The van der Waals surface area contributed by atoms with Gasteiger partial charge in [0.05, 0.1) is 31.0 Å². The number of aromatic nitrogens is 1. The Morgan fingerprint density at radius 3 is 2.74 bits per heavy atom. The number of aryl methyl sites for hydroxylation is 1. The van der Waals surface area contributed by atoms with Crippen LogP contribution in [0.2, 0.25) is 0 Å². The fraction of sp³-hybridized carbons (Fsp3) is 0.294. The van der Waals surface area contributed by atoms with Gasteiger partial charge in [-0.25, -0.2) is 4.98 Å². The Labute approximate surface area is 140 Å². The molecule has 0 radical (unpaired) electrons. The van der Waals surface area contributed by atoms with Gasteiger partial charge < -0.3 is 14.8 Å². The summed E-state index contributed by atoms with van der Waals surface area (Å²) in [5, 5.41) is 5.83. The second-order valence-electron chi connectivity index (χ2n) is 4.96. The number of carbonyl (C=O) groups is 1. The first-order valence-corrected chi connectivity index (χ1v) is 8.04. The number of methoxy groups -OCH3 is 2. The first-order chi connectivity index (χ1) is 11.0. The van der Waals surface area contributed by atoms with E-state index in [2.05, 4.69) is 10.3 Å².